The lowest BCUT2D eigenvalue weighted by molar-refractivity contribution is 0.0937. The maximum absolute atomic E-state index is 12.0. The molecule has 0 saturated heterocycles. The molecule has 0 bridgehead atoms. The zero-order valence-electron chi connectivity index (χ0n) is 10.2. The molecular weight excluding hydrogens is 250 g/mol. The molecule has 1 aromatic rings. The topological polar surface area (TPSA) is 87.7 Å². The Hall–Kier alpha value is -1.56. The van der Waals surface area contributed by atoms with E-state index in [0.717, 1.165) is 24.1 Å². The van der Waals surface area contributed by atoms with Gasteiger partial charge in [-0.1, -0.05) is 11.6 Å². The van der Waals surface area contributed by atoms with Gasteiger partial charge in [-0.3, -0.25) is 4.79 Å². The van der Waals surface area contributed by atoms with E-state index in [2.05, 4.69) is 10.5 Å². The maximum Gasteiger partial charge on any atom is 0.261 e. The molecule has 0 aromatic carbocycles. The van der Waals surface area contributed by atoms with E-state index in [1.165, 1.54) is 11.3 Å². The number of nitrogens with one attached hydrogen (secondary N) is 1. The molecule has 0 radical (unpaired) electrons. The van der Waals surface area contributed by atoms with Gasteiger partial charge in [-0.05, 0) is 31.9 Å². The van der Waals surface area contributed by atoms with Crippen molar-refractivity contribution < 1.29 is 10.0 Å². The van der Waals surface area contributed by atoms with Gasteiger partial charge in [0.05, 0.1) is 4.88 Å². The van der Waals surface area contributed by atoms with E-state index in [1.54, 1.807) is 0 Å². The first kappa shape index (κ1) is 12.9. The predicted molar refractivity (Wildman–Crippen MR) is 71.1 cm³/mol. The number of aryl methyl sites for hydroxylation is 1. The molecule has 2 atom stereocenters. The molecule has 1 heterocycles. The van der Waals surface area contributed by atoms with Crippen LogP contribution in [-0.2, 0) is 0 Å². The highest BCUT2D eigenvalue weighted by Gasteiger charge is 2.32. The van der Waals surface area contributed by atoms with Crippen LogP contribution in [0.3, 0.4) is 0 Å². The van der Waals surface area contributed by atoms with Crippen LogP contribution < -0.4 is 11.1 Å². The number of thiophene rings is 1. The minimum absolute atomic E-state index is 0.0317. The largest absolute Gasteiger partial charge is 0.409 e. The Balaban J connectivity index is 2.03. The zero-order chi connectivity index (χ0) is 13.1. The maximum atomic E-state index is 12.0. The van der Waals surface area contributed by atoms with E-state index < -0.39 is 0 Å². The third-order valence-electron chi connectivity index (χ3n) is 3.29. The summed E-state index contributed by atoms with van der Waals surface area (Å²) in [5.74, 6) is 0.0795. The number of carbonyl (C=O) groups excluding carboxylic acids is 1. The van der Waals surface area contributed by atoms with E-state index >= 15 is 0 Å². The van der Waals surface area contributed by atoms with E-state index in [9.17, 15) is 4.79 Å². The summed E-state index contributed by atoms with van der Waals surface area (Å²) < 4.78 is 0. The first-order valence-electron chi connectivity index (χ1n) is 5.96. The minimum Gasteiger partial charge on any atom is -0.409 e. The first-order valence-corrected chi connectivity index (χ1v) is 6.78. The van der Waals surface area contributed by atoms with Gasteiger partial charge in [0.2, 0.25) is 0 Å². The fraction of sp³-hybridized carbons (Fsp3) is 0.500. The SMILES string of the molecule is Cc1ccc(C(=O)NC2CCCC2C(N)=NO)s1. The van der Waals surface area contributed by atoms with Crippen LogP contribution in [0.4, 0.5) is 0 Å². The van der Waals surface area contributed by atoms with Gasteiger partial charge in [-0.15, -0.1) is 11.3 Å². The van der Waals surface area contributed by atoms with Crippen molar-refractivity contribution >= 4 is 23.1 Å². The smallest absolute Gasteiger partial charge is 0.261 e. The van der Waals surface area contributed by atoms with Gasteiger partial charge in [0.25, 0.3) is 5.91 Å². The lowest BCUT2D eigenvalue weighted by Gasteiger charge is -2.19. The average Bonchev–Trinajstić information content (AvgIpc) is 2.97. The van der Waals surface area contributed by atoms with Crippen LogP contribution in [0.2, 0.25) is 0 Å². The number of nitrogens with two attached hydrogens (primary N) is 1. The highest BCUT2D eigenvalue weighted by Crippen LogP contribution is 2.26. The van der Waals surface area contributed by atoms with Crippen LogP contribution >= 0.6 is 11.3 Å². The molecule has 1 aliphatic rings. The summed E-state index contributed by atoms with van der Waals surface area (Å²) in [5.41, 5.74) is 5.64. The molecule has 2 rings (SSSR count). The summed E-state index contributed by atoms with van der Waals surface area (Å²) in [6.07, 6.45) is 2.70. The predicted octanol–water partition coefficient (Wildman–Crippen LogP) is 1.70. The molecule has 1 fully saturated rings. The van der Waals surface area contributed by atoms with Gasteiger partial charge >= 0.3 is 0 Å². The van der Waals surface area contributed by atoms with Crippen LogP contribution in [0.5, 0.6) is 0 Å². The Kier molecular flexibility index (Phi) is 3.86. The van der Waals surface area contributed by atoms with Crippen molar-refractivity contribution in [2.24, 2.45) is 16.8 Å². The molecule has 2 unspecified atom stereocenters. The lowest BCUT2D eigenvalue weighted by Crippen LogP contribution is -2.42. The van der Waals surface area contributed by atoms with Crippen molar-refractivity contribution in [1.82, 2.24) is 5.32 Å². The monoisotopic (exact) mass is 267 g/mol. The van der Waals surface area contributed by atoms with Crippen LogP contribution in [-0.4, -0.2) is 23.0 Å². The van der Waals surface area contributed by atoms with Crippen molar-refractivity contribution in [2.75, 3.05) is 0 Å². The average molecular weight is 267 g/mol. The number of oxime groups is 1. The fourth-order valence-electron chi connectivity index (χ4n) is 2.36. The Labute approximate surface area is 110 Å². The summed E-state index contributed by atoms with van der Waals surface area (Å²) >= 11 is 1.47. The summed E-state index contributed by atoms with van der Waals surface area (Å²) in [5, 5.41) is 14.7. The standard InChI is InChI=1S/C12H17N3O2S/c1-7-5-6-10(18-7)12(16)14-9-4-2-3-8(9)11(13)15-17/h5-6,8-9,17H,2-4H2,1H3,(H2,13,15)(H,14,16). The van der Waals surface area contributed by atoms with Crippen molar-refractivity contribution in [3.8, 4) is 0 Å². The number of nitrogens with zero attached hydrogens (tertiary/aromatic N) is 1. The van der Waals surface area contributed by atoms with Crippen molar-refractivity contribution in [3.05, 3.63) is 21.9 Å². The second-order valence-corrected chi connectivity index (χ2v) is 5.84. The number of amides is 1. The highest BCUT2D eigenvalue weighted by atomic mass is 32.1. The fourth-order valence-corrected chi connectivity index (χ4v) is 3.13. The molecule has 1 amide bonds. The van der Waals surface area contributed by atoms with Crippen molar-refractivity contribution in [3.63, 3.8) is 0 Å². The van der Waals surface area contributed by atoms with E-state index in [4.69, 9.17) is 10.9 Å². The molecule has 0 aliphatic heterocycles. The number of hydrogen-bond donors (Lipinski definition) is 3. The third kappa shape index (κ3) is 2.64. The Morgan fingerprint density at radius 3 is 2.94 bits per heavy atom. The molecule has 18 heavy (non-hydrogen) atoms. The molecule has 6 heteroatoms. The zero-order valence-corrected chi connectivity index (χ0v) is 11.0. The molecule has 4 N–H and O–H groups in total. The van der Waals surface area contributed by atoms with E-state index in [1.807, 2.05) is 19.1 Å². The van der Waals surface area contributed by atoms with Crippen molar-refractivity contribution in [1.29, 1.82) is 0 Å². The molecule has 0 spiro atoms. The van der Waals surface area contributed by atoms with Gasteiger partial charge < -0.3 is 16.3 Å². The second-order valence-electron chi connectivity index (χ2n) is 4.55. The molecule has 1 saturated carbocycles. The Morgan fingerprint density at radius 1 is 1.56 bits per heavy atom. The molecule has 98 valence electrons. The first-order chi connectivity index (χ1) is 8.61. The normalized spacial score (nSPS) is 24.2. The summed E-state index contributed by atoms with van der Waals surface area (Å²) in [6, 6.07) is 3.72. The Bertz CT molecular complexity index is 470. The number of carbonyl (C=O) groups is 1. The summed E-state index contributed by atoms with van der Waals surface area (Å²) in [7, 11) is 0. The van der Waals surface area contributed by atoms with Crippen LogP contribution in [0.1, 0.15) is 33.8 Å². The number of rotatable bonds is 3. The van der Waals surface area contributed by atoms with Crippen LogP contribution in [0, 0.1) is 12.8 Å². The number of amidine groups is 1. The Morgan fingerprint density at radius 2 is 2.33 bits per heavy atom. The quantitative estimate of drug-likeness (QED) is 0.337. The number of hydrogen-bond acceptors (Lipinski definition) is 4. The van der Waals surface area contributed by atoms with Gasteiger partial charge in [-0.2, -0.15) is 0 Å². The van der Waals surface area contributed by atoms with Gasteiger partial charge in [0, 0.05) is 16.8 Å². The van der Waals surface area contributed by atoms with E-state index in [0.29, 0.717) is 4.88 Å². The van der Waals surface area contributed by atoms with Gasteiger partial charge in [0.15, 0.2) is 0 Å². The van der Waals surface area contributed by atoms with Crippen LogP contribution in [0.15, 0.2) is 17.3 Å². The molecule has 1 aromatic heterocycles. The molecule has 1 aliphatic carbocycles. The van der Waals surface area contributed by atoms with E-state index in [-0.39, 0.29) is 23.7 Å². The minimum atomic E-state index is -0.0734. The summed E-state index contributed by atoms with van der Waals surface area (Å²) in [4.78, 5) is 13.8. The molecular formula is C12H17N3O2S. The lowest BCUT2D eigenvalue weighted by atomic mass is 10.0. The molecule has 5 nitrogen and oxygen atoms in total. The highest BCUT2D eigenvalue weighted by molar-refractivity contribution is 7.13. The third-order valence-corrected chi connectivity index (χ3v) is 4.29. The summed E-state index contributed by atoms with van der Waals surface area (Å²) in [6.45, 7) is 1.97. The van der Waals surface area contributed by atoms with Gasteiger partial charge in [0.1, 0.15) is 5.84 Å². The van der Waals surface area contributed by atoms with Crippen molar-refractivity contribution in [2.45, 2.75) is 32.2 Å². The van der Waals surface area contributed by atoms with Gasteiger partial charge in [-0.25, -0.2) is 0 Å². The second kappa shape index (κ2) is 5.39. The van der Waals surface area contributed by atoms with Crippen LogP contribution in [0.25, 0.3) is 0 Å².